The molecule has 0 aliphatic rings. The Balaban J connectivity index is -0.000000117. The van der Waals surface area contributed by atoms with Gasteiger partial charge in [0.05, 0.1) is 5.88 Å². The maximum Gasteiger partial charge on any atom is 0.180 e. The van der Waals surface area contributed by atoms with E-state index in [2.05, 4.69) is 0 Å². The molecule has 13 heavy (non-hydrogen) atoms. The second-order valence-corrected chi connectivity index (χ2v) is 5.49. The molecule has 0 rings (SSSR count). The average molecular weight is 352 g/mol. The zero-order chi connectivity index (χ0) is 11.3. The van der Waals surface area contributed by atoms with Gasteiger partial charge in [-0.1, -0.05) is 34.8 Å². The molecule has 84 valence electrons. The van der Waals surface area contributed by atoms with E-state index >= 15 is 0 Å². The number of halogens is 8. The van der Waals surface area contributed by atoms with Crippen molar-refractivity contribution in [1.82, 2.24) is 0 Å². The molecule has 0 unspecified atom stereocenters. The summed E-state index contributed by atoms with van der Waals surface area (Å²) >= 11 is 39.8. The average Bonchev–Trinajstić information content (AvgIpc) is 2.04. The molecule has 0 nitrogen and oxygen atoms in total. The minimum atomic E-state index is -0.750. The fraction of sp³-hybridized carbons (Fsp3) is 1.00. The quantitative estimate of drug-likeness (QED) is 0.578. The summed E-state index contributed by atoms with van der Waals surface area (Å²) in [5.41, 5.74) is 0. The summed E-state index contributed by atoms with van der Waals surface area (Å²) in [6.07, 6.45) is 0. The molecule has 0 aromatic heterocycles. The maximum absolute atomic E-state index is 5.10. The van der Waals surface area contributed by atoms with Gasteiger partial charge in [0.25, 0.3) is 0 Å². The van der Waals surface area contributed by atoms with E-state index in [1.54, 1.807) is 0 Å². The SMILES string of the molecule is ClC(Cl)Cl.ClCC(Cl)Cl.ClCCCl. The van der Waals surface area contributed by atoms with Gasteiger partial charge in [-0.05, 0) is 0 Å². The van der Waals surface area contributed by atoms with Crippen LogP contribution in [0, 0.1) is 0 Å². The van der Waals surface area contributed by atoms with E-state index in [1.807, 2.05) is 0 Å². The Hall–Kier alpha value is 2.32. The standard InChI is InChI=1S/C2H3Cl3.C2H4Cl2.CHCl3/c3-1-2(4)5;3-1-2-4;2-1(3)4/h2H,1H2;1-2H2;1H. The second kappa shape index (κ2) is 19.8. The van der Waals surface area contributed by atoms with Crippen LogP contribution in [0.15, 0.2) is 0 Å². The highest BCUT2D eigenvalue weighted by Crippen LogP contribution is 2.03. The van der Waals surface area contributed by atoms with Crippen LogP contribution in [0.5, 0.6) is 0 Å². The van der Waals surface area contributed by atoms with Crippen molar-refractivity contribution in [2.75, 3.05) is 17.6 Å². The number of hydrogen-bond acceptors (Lipinski definition) is 0. The molecule has 0 spiro atoms. The van der Waals surface area contributed by atoms with Crippen molar-refractivity contribution in [2.45, 2.75) is 9.13 Å². The Morgan fingerprint density at radius 3 is 0.846 bits per heavy atom. The highest BCUT2D eigenvalue weighted by Gasteiger charge is 1.88. The van der Waals surface area contributed by atoms with Crippen molar-refractivity contribution in [3.8, 4) is 0 Å². The number of alkyl halides is 8. The summed E-state index contributed by atoms with van der Waals surface area (Å²) < 4.78 is -0.750. The number of hydrogen-bond donors (Lipinski definition) is 0. The lowest BCUT2D eigenvalue weighted by Crippen LogP contribution is -1.82. The van der Waals surface area contributed by atoms with Gasteiger partial charge in [0.15, 0.2) is 4.30 Å². The van der Waals surface area contributed by atoms with E-state index in [0.29, 0.717) is 17.6 Å². The van der Waals surface area contributed by atoms with Crippen LogP contribution in [-0.4, -0.2) is 26.8 Å². The fourth-order valence-corrected chi connectivity index (χ4v) is 0. The molecule has 0 aliphatic carbocycles. The lowest BCUT2D eigenvalue weighted by molar-refractivity contribution is 1.40. The molecule has 8 heteroatoms. The van der Waals surface area contributed by atoms with Crippen molar-refractivity contribution < 1.29 is 0 Å². The highest BCUT2D eigenvalue weighted by molar-refractivity contribution is 6.63. The summed E-state index contributed by atoms with van der Waals surface area (Å²) in [7, 11) is 0. The zero-order valence-electron chi connectivity index (χ0n) is 6.30. The second-order valence-electron chi connectivity index (χ2n) is 1.17. The van der Waals surface area contributed by atoms with Gasteiger partial charge in [0, 0.05) is 11.8 Å². The minimum Gasteiger partial charge on any atom is -0.125 e. The molecule has 0 saturated heterocycles. The van der Waals surface area contributed by atoms with Crippen molar-refractivity contribution >= 4 is 92.8 Å². The maximum atomic E-state index is 5.10. The van der Waals surface area contributed by atoms with Crippen LogP contribution in [0.25, 0.3) is 0 Å². The molecule has 0 heterocycles. The summed E-state index contributed by atoms with van der Waals surface area (Å²) in [6, 6.07) is 0. The van der Waals surface area contributed by atoms with Gasteiger partial charge < -0.3 is 0 Å². The Morgan fingerprint density at radius 1 is 0.692 bits per heavy atom. The van der Waals surface area contributed by atoms with Gasteiger partial charge >= 0.3 is 0 Å². The molecule has 0 N–H and O–H groups in total. The van der Waals surface area contributed by atoms with Crippen molar-refractivity contribution in [2.24, 2.45) is 0 Å². The van der Waals surface area contributed by atoms with Gasteiger partial charge in [-0.2, -0.15) is 0 Å². The van der Waals surface area contributed by atoms with Gasteiger partial charge in [-0.15, -0.1) is 58.0 Å². The minimum absolute atomic E-state index is 0.309. The highest BCUT2D eigenvalue weighted by atomic mass is 35.6. The van der Waals surface area contributed by atoms with Crippen LogP contribution in [0.3, 0.4) is 0 Å². The summed E-state index contributed by atoms with van der Waals surface area (Å²) in [4.78, 5) is -0.406. The van der Waals surface area contributed by atoms with E-state index < -0.39 is 9.13 Å². The van der Waals surface area contributed by atoms with Crippen LogP contribution in [-0.2, 0) is 0 Å². The largest absolute Gasteiger partial charge is 0.180 e. The Kier molecular flexibility index (Phi) is 31.6. The van der Waals surface area contributed by atoms with E-state index in [0.717, 1.165) is 0 Å². The van der Waals surface area contributed by atoms with Gasteiger partial charge in [0.2, 0.25) is 0 Å². The molecule has 0 fully saturated rings. The Bertz CT molecular complexity index is 60.8. The van der Waals surface area contributed by atoms with E-state index in [4.69, 9.17) is 92.8 Å². The molecular formula is C5H8Cl8. The first-order chi connectivity index (χ1) is 5.92. The molecule has 0 aromatic rings. The Morgan fingerprint density at radius 2 is 0.846 bits per heavy atom. The third kappa shape index (κ3) is 76.8. The first-order valence-corrected chi connectivity index (χ1v) is 6.59. The Labute approximate surface area is 119 Å². The van der Waals surface area contributed by atoms with Gasteiger partial charge in [-0.3, -0.25) is 0 Å². The molecule has 0 aromatic carbocycles. The monoisotopic (exact) mass is 348 g/mol. The smallest absolute Gasteiger partial charge is 0.125 e. The van der Waals surface area contributed by atoms with Crippen molar-refractivity contribution in [1.29, 1.82) is 0 Å². The lowest BCUT2D eigenvalue weighted by Gasteiger charge is -1.82. The van der Waals surface area contributed by atoms with Crippen LogP contribution >= 0.6 is 92.8 Å². The predicted molar refractivity (Wildman–Crippen MR) is 69.0 cm³/mol. The third-order valence-electron chi connectivity index (χ3n) is 0.188. The third-order valence-corrected chi connectivity index (χ3v) is 1.69. The van der Waals surface area contributed by atoms with Crippen LogP contribution in [0.1, 0.15) is 0 Å². The van der Waals surface area contributed by atoms with Gasteiger partial charge in [-0.25, -0.2) is 0 Å². The summed E-state index contributed by atoms with van der Waals surface area (Å²) in [6.45, 7) is 0. The van der Waals surface area contributed by atoms with E-state index in [-0.39, 0.29) is 0 Å². The van der Waals surface area contributed by atoms with Gasteiger partial charge in [0.1, 0.15) is 4.84 Å². The molecule has 0 saturated carbocycles. The zero-order valence-corrected chi connectivity index (χ0v) is 12.3. The van der Waals surface area contributed by atoms with Crippen LogP contribution in [0.4, 0.5) is 0 Å². The fourth-order valence-electron chi connectivity index (χ4n) is 0. The molecule has 0 radical (unpaired) electrons. The molecule has 0 atom stereocenters. The predicted octanol–water partition coefficient (Wildman–Crippen LogP) is 5.48. The normalized spacial score (nSPS) is 8.77. The molecule has 0 aliphatic heterocycles. The van der Waals surface area contributed by atoms with Crippen molar-refractivity contribution in [3.05, 3.63) is 0 Å². The summed E-state index contributed by atoms with van der Waals surface area (Å²) in [5.74, 6) is 1.42. The molecular weight excluding hydrogens is 344 g/mol. The first kappa shape index (κ1) is 20.7. The van der Waals surface area contributed by atoms with Crippen LogP contribution < -0.4 is 0 Å². The van der Waals surface area contributed by atoms with E-state index in [9.17, 15) is 0 Å². The molecule has 0 amide bonds. The van der Waals surface area contributed by atoms with E-state index in [1.165, 1.54) is 0 Å². The number of rotatable bonds is 2. The first-order valence-electron chi connectivity index (χ1n) is 2.80. The topological polar surface area (TPSA) is 0 Å². The van der Waals surface area contributed by atoms with Crippen molar-refractivity contribution in [3.63, 3.8) is 0 Å². The molecule has 0 bridgehead atoms. The van der Waals surface area contributed by atoms with Crippen LogP contribution in [0.2, 0.25) is 0 Å². The lowest BCUT2D eigenvalue weighted by atomic mass is 10.9. The summed E-state index contributed by atoms with van der Waals surface area (Å²) in [5, 5.41) is 0.